The second-order valence-corrected chi connectivity index (χ2v) is 9.33. The molecule has 0 unspecified atom stereocenters. The van der Waals surface area contributed by atoms with Crippen molar-refractivity contribution < 1.29 is 9.59 Å². The maximum atomic E-state index is 13.3. The molecule has 1 heterocycles. The Labute approximate surface area is 185 Å². The van der Waals surface area contributed by atoms with E-state index >= 15 is 0 Å². The van der Waals surface area contributed by atoms with Gasteiger partial charge < -0.3 is 9.80 Å². The lowest BCUT2D eigenvalue weighted by Gasteiger charge is -2.29. The van der Waals surface area contributed by atoms with Crippen molar-refractivity contribution in [1.82, 2.24) is 9.80 Å². The van der Waals surface area contributed by atoms with Gasteiger partial charge in [-0.1, -0.05) is 76.4 Å². The van der Waals surface area contributed by atoms with Crippen molar-refractivity contribution in [2.45, 2.75) is 66.0 Å². The van der Waals surface area contributed by atoms with Crippen molar-refractivity contribution in [3.8, 4) is 0 Å². The Morgan fingerprint density at radius 3 is 2.30 bits per heavy atom. The Balaban J connectivity index is 2.07. The lowest BCUT2D eigenvalue weighted by Crippen LogP contribution is -2.43. The zero-order valence-corrected chi connectivity index (χ0v) is 19.5. The molecule has 2 aromatic rings. The van der Waals surface area contributed by atoms with Crippen LogP contribution in [0.1, 0.15) is 63.3 Å². The second-order valence-electron chi connectivity index (χ2n) is 8.29. The first kappa shape index (κ1) is 24.1. The molecule has 30 heavy (non-hydrogen) atoms. The van der Waals surface area contributed by atoms with Gasteiger partial charge in [0.05, 0.1) is 13.1 Å². The van der Waals surface area contributed by atoms with E-state index in [0.29, 0.717) is 32.0 Å². The number of carbonyl (C=O) groups is 2. The highest BCUT2D eigenvalue weighted by atomic mass is 32.1. The van der Waals surface area contributed by atoms with Gasteiger partial charge in [-0.05, 0) is 29.3 Å². The summed E-state index contributed by atoms with van der Waals surface area (Å²) in [5.74, 6) is 0.441. The lowest BCUT2D eigenvalue weighted by molar-refractivity contribution is -0.141. The molecular formula is C25H36N2O2S. The van der Waals surface area contributed by atoms with E-state index in [1.54, 1.807) is 16.2 Å². The Hall–Kier alpha value is -2.14. The van der Waals surface area contributed by atoms with E-state index < -0.39 is 0 Å². The Morgan fingerprint density at radius 1 is 0.900 bits per heavy atom. The molecule has 0 aliphatic rings. The van der Waals surface area contributed by atoms with Gasteiger partial charge in [0.2, 0.25) is 11.8 Å². The fraction of sp³-hybridized carbons (Fsp3) is 0.520. The molecule has 0 aliphatic carbocycles. The van der Waals surface area contributed by atoms with Gasteiger partial charge in [0, 0.05) is 24.4 Å². The van der Waals surface area contributed by atoms with Gasteiger partial charge in [-0.15, -0.1) is 11.3 Å². The van der Waals surface area contributed by atoms with Crippen LogP contribution in [-0.4, -0.2) is 34.7 Å². The fourth-order valence-electron chi connectivity index (χ4n) is 3.45. The van der Waals surface area contributed by atoms with Crippen molar-refractivity contribution in [2.75, 3.05) is 13.1 Å². The number of hydrogen-bond donors (Lipinski definition) is 0. The van der Waals surface area contributed by atoms with Crippen molar-refractivity contribution >= 4 is 23.2 Å². The summed E-state index contributed by atoms with van der Waals surface area (Å²) in [6, 6.07) is 14.1. The number of hydrogen-bond acceptors (Lipinski definition) is 3. The molecule has 0 fully saturated rings. The maximum absolute atomic E-state index is 13.3. The van der Waals surface area contributed by atoms with E-state index in [1.165, 1.54) is 0 Å². The maximum Gasteiger partial charge on any atom is 0.242 e. The summed E-state index contributed by atoms with van der Waals surface area (Å²) >= 11 is 1.66. The highest BCUT2D eigenvalue weighted by Gasteiger charge is 2.22. The van der Waals surface area contributed by atoms with Gasteiger partial charge in [0.15, 0.2) is 0 Å². The molecule has 2 amide bonds. The minimum Gasteiger partial charge on any atom is -0.333 e. The molecule has 4 nitrogen and oxygen atoms in total. The average Bonchev–Trinajstić information content (AvgIpc) is 3.23. The van der Waals surface area contributed by atoms with Crippen LogP contribution in [0.3, 0.4) is 0 Å². The molecule has 0 saturated heterocycles. The van der Waals surface area contributed by atoms with Crippen LogP contribution in [0.4, 0.5) is 0 Å². The number of thiophene rings is 1. The Kier molecular flexibility index (Phi) is 10.6. The lowest BCUT2D eigenvalue weighted by atomic mass is 10.1. The van der Waals surface area contributed by atoms with Gasteiger partial charge in [-0.3, -0.25) is 9.59 Å². The van der Waals surface area contributed by atoms with Crippen molar-refractivity contribution in [2.24, 2.45) is 5.92 Å². The molecule has 0 radical (unpaired) electrons. The third kappa shape index (κ3) is 8.70. The average molecular weight is 429 g/mol. The van der Waals surface area contributed by atoms with E-state index in [1.807, 2.05) is 46.7 Å². The first-order valence-electron chi connectivity index (χ1n) is 11.1. The fourth-order valence-corrected chi connectivity index (χ4v) is 4.17. The molecule has 164 valence electrons. The normalized spacial score (nSPS) is 10.9. The molecule has 2 rings (SSSR count). The molecular weight excluding hydrogens is 392 g/mol. The highest BCUT2D eigenvalue weighted by molar-refractivity contribution is 7.09. The summed E-state index contributed by atoms with van der Waals surface area (Å²) in [7, 11) is 0. The van der Waals surface area contributed by atoms with Crippen LogP contribution in [0.5, 0.6) is 0 Å². The van der Waals surface area contributed by atoms with E-state index in [4.69, 9.17) is 0 Å². The number of benzene rings is 1. The molecule has 0 saturated carbocycles. The van der Waals surface area contributed by atoms with Gasteiger partial charge >= 0.3 is 0 Å². The monoisotopic (exact) mass is 428 g/mol. The minimum atomic E-state index is 0.00908. The molecule has 1 aromatic heterocycles. The summed E-state index contributed by atoms with van der Waals surface area (Å²) in [5.41, 5.74) is 1.10. The number of nitrogens with zero attached hydrogens (tertiary/aromatic N) is 2. The van der Waals surface area contributed by atoms with Crippen LogP contribution in [0.25, 0.3) is 0 Å². The zero-order valence-electron chi connectivity index (χ0n) is 18.7. The van der Waals surface area contributed by atoms with Crippen LogP contribution in [0, 0.1) is 5.92 Å². The summed E-state index contributed by atoms with van der Waals surface area (Å²) in [6.45, 7) is 8.26. The molecule has 1 aromatic carbocycles. The summed E-state index contributed by atoms with van der Waals surface area (Å²) in [6.07, 6.45) is 4.81. The molecule has 0 aliphatic heterocycles. The Bertz CT molecular complexity index is 744. The summed E-state index contributed by atoms with van der Waals surface area (Å²) in [4.78, 5) is 30.9. The van der Waals surface area contributed by atoms with Gasteiger partial charge in [-0.2, -0.15) is 0 Å². The molecule has 0 atom stereocenters. The molecule has 0 spiro atoms. The van der Waals surface area contributed by atoms with Crippen molar-refractivity contribution in [1.29, 1.82) is 0 Å². The first-order chi connectivity index (χ1) is 14.5. The Morgan fingerprint density at radius 2 is 1.67 bits per heavy atom. The topological polar surface area (TPSA) is 40.6 Å². The van der Waals surface area contributed by atoms with Crippen molar-refractivity contribution in [3.05, 3.63) is 58.3 Å². The number of unbranched alkanes of at least 4 members (excludes halogenated alkanes) is 3. The third-order valence-corrected chi connectivity index (χ3v) is 5.87. The van der Waals surface area contributed by atoms with E-state index in [9.17, 15) is 9.59 Å². The third-order valence-electron chi connectivity index (χ3n) is 5.00. The zero-order chi connectivity index (χ0) is 21.8. The van der Waals surface area contributed by atoms with Crippen LogP contribution < -0.4 is 0 Å². The van der Waals surface area contributed by atoms with Crippen LogP contribution in [-0.2, 0) is 22.7 Å². The van der Waals surface area contributed by atoms with Crippen LogP contribution in [0.2, 0.25) is 0 Å². The highest BCUT2D eigenvalue weighted by Crippen LogP contribution is 2.16. The summed E-state index contributed by atoms with van der Waals surface area (Å²) < 4.78 is 0. The van der Waals surface area contributed by atoms with Gasteiger partial charge in [0.25, 0.3) is 0 Å². The largest absolute Gasteiger partial charge is 0.333 e. The first-order valence-corrected chi connectivity index (χ1v) is 12.0. The van der Waals surface area contributed by atoms with E-state index in [0.717, 1.165) is 36.1 Å². The minimum absolute atomic E-state index is 0.00908. The SMILES string of the molecule is CCCCCCC(=O)N(CC(=O)N(Cc1ccccc1)Cc1cccs1)CC(C)C. The van der Waals surface area contributed by atoms with E-state index in [-0.39, 0.29) is 18.4 Å². The van der Waals surface area contributed by atoms with Crippen molar-refractivity contribution in [3.63, 3.8) is 0 Å². The smallest absolute Gasteiger partial charge is 0.242 e. The number of amides is 2. The molecule has 0 bridgehead atoms. The predicted molar refractivity (Wildman–Crippen MR) is 125 cm³/mol. The molecule has 0 N–H and O–H groups in total. The second kappa shape index (κ2) is 13.2. The van der Waals surface area contributed by atoms with Crippen LogP contribution in [0.15, 0.2) is 47.8 Å². The quantitative estimate of drug-likeness (QED) is 0.382. The van der Waals surface area contributed by atoms with Crippen LogP contribution >= 0.6 is 11.3 Å². The predicted octanol–water partition coefficient (Wildman–Crippen LogP) is 5.73. The number of rotatable bonds is 13. The molecule has 5 heteroatoms. The van der Waals surface area contributed by atoms with Gasteiger partial charge in [0.1, 0.15) is 0 Å². The summed E-state index contributed by atoms with van der Waals surface area (Å²) in [5, 5.41) is 2.03. The van der Waals surface area contributed by atoms with E-state index in [2.05, 4.69) is 26.8 Å². The standard InChI is InChI=1S/C25H36N2O2S/c1-4-5-6-10-15-24(28)26(17-21(2)3)20-25(29)27(19-23-14-11-16-30-23)18-22-12-8-7-9-13-22/h7-9,11-14,16,21H,4-6,10,15,17-20H2,1-3H3. The van der Waals surface area contributed by atoms with Gasteiger partial charge in [-0.25, -0.2) is 0 Å². The number of carbonyl (C=O) groups excluding carboxylic acids is 2.